The molecule has 0 saturated carbocycles. The van der Waals surface area contributed by atoms with E-state index < -0.39 is 0 Å². The third kappa shape index (κ3) is 5.81. The smallest absolute Gasteiger partial charge is 0.257 e. The van der Waals surface area contributed by atoms with E-state index in [4.69, 9.17) is 4.74 Å². The van der Waals surface area contributed by atoms with Crippen molar-refractivity contribution in [3.63, 3.8) is 0 Å². The Kier molecular flexibility index (Phi) is 7.27. The van der Waals surface area contributed by atoms with Crippen molar-refractivity contribution in [3.05, 3.63) is 99.2 Å². The Morgan fingerprint density at radius 1 is 1.12 bits per heavy atom. The number of nitrogens with zero attached hydrogens (tertiary/aromatic N) is 2. The highest BCUT2D eigenvalue weighted by Crippen LogP contribution is 2.24. The zero-order chi connectivity index (χ0) is 24.1. The number of carbonyl (C=O) groups excluding carboxylic acids is 1. The summed E-state index contributed by atoms with van der Waals surface area (Å²) in [6.45, 7) is 7.16. The molecule has 1 aliphatic heterocycles. The average Bonchev–Trinajstić information content (AvgIpc) is 2.80. The molecule has 0 spiro atoms. The molecule has 0 unspecified atom stereocenters. The topological polar surface area (TPSA) is 73.2 Å². The van der Waals surface area contributed by atoms with Gasteiger partial charge in [-0.25, -0.2) is 0 Å². The number of hydrogen-bond donors (Lipinski definition) is 1. The molecule has 1 fully saturated rings. The highest BCUT2D eigenvalue weighted by atomic mass is 16.5. The summed E-state index contributed by atoms with van der Waals surface area (Å²) in [5.74, 6) is -0.292. The molecule has 0 radical (unpaired) electrons. The molecule has 2 aromatic heterocycles. The number of benzene rings is 1. The molecule has 6 heteroatoms. The van der Waals surface area contributed by atoms with E-state index in [1.54, 1.807) is 18.5 Å². The number of hydrogen-bond acceptors (Lipinski definition) is 4. The predicted molar refractivity (Wildman–Crippen MR) is 133 cm³/mol. The number of amides is 1. The molecule has 1 atom stereocenters. The lowest BCUT2D eigenvalue weighted by Crippen LogP contribution is -2.47. The van der Waals surface area contributed by atoms with Crippen LogP contribution in [-0.4, -0.2) is 33.7 Å². The van der Waals surface area contributed by atoms with Crippen LogP contribution in [0.4, 0.5) is 0 Å². The molecule has 1 amide bonds. The normalized spacial score (nSPS) is 17.3. The van der Waals surface area contributed by atoms with Gasteiger partial charge in [-0.15, -0.1) is 0 Å². The minimum Gasteiger partial charge on any atom is -0.375 e. The van der Waals surface area contributed by atoms with Crippen LogP contribution >= 0.6 is 0 Å². The maximum Gasteiger partial charge on any atom is 0.257 e. The number of aryl methyl sites for hydroxylation is 2. The van der Waals surface area contributed by atoms with Gasteiger partial charge in [-0.1, -0.05) is 30.3 Å². The first-order valence-corrected chi connectivity index (χ1v) is 11.9. The minimum atomic E-state index is -0.292. The number of pyridine rings is 2. The van der Waals surface area contributed by atoms with Crippen molar-refractivity contribution >= 4 is 5.91 Å². The van der Waals surface area contributed by atoms with E-state index in [0.29, 0.717) is 19.6 Å². The monoisotopic (exact) mass is 459 g/mol. The fourth-order valence-electron chi connectivity index (χ4n) is 4.74. The maximum absolute atomic E-state index is 13.5. The van der Waals surface area contributed by atoms with Gasteiger partial charge in [0.15, 0.2) is 5.43 Å². The van der Waals surface area contributed by atoms with E-state index in [0.717, 1.165) is 36.2 Å². The summed E-state index contributed by atoms with van der Waals surface area (Å²) in [7, 11) is 0. The Bertz CT molecular complexity index is 1190. The van der Waals surface area contributed by atoms with Crippen LogP contribution in [0, 0.1) is 6.92 Å². The van der Waals surface area contributed by atoms with E-state index in [-0.39, 0.29) is 28.5 Å². The third-order valence-corrected chi connectivity index (χ3v) is 6.47. The summed E-state index contributed by atoms with van der Waals surface area (Å²) in [6.07, 6.45) is 6.31. The highest BCUT2D eigenvalue weighted by Gasteiger charge is 2.31. The van der Waals surface area contributed by atoms with Crippen molar-refractivity contribution in [2.45, 2.75) is 64.6 Å². The lowest BCUT2D eigenvalue weighted by Gasteiger charge is -2.36. The van der Waals surface area contributed by atoms with E-state index in [2.05, 4.69) is 27.0 Å². The highest BCUT2D eigenvalue weighted by molar-refractivity contribution is 5.95. The number of aromatic nitrogens is 2. The maximum atomic E-state index is 13.5. The molecule has 1 aliphatic rings. The first-order valence-electron chi connectivity index (χ1n) is 11.9. The van der Waals surface area contributed by atoms with Gasteiger partial charge in [0.25, 0.3) is 5.91 Å². The van der Waals surface area contributed by atoms with Crippen molar-refractivity contribution in [3.8, 4) is 0 Å². The second-order valence-electron chi connectivity index (χ2n) is 9.67. The number of rotatable bonds is 7. The average molecular weight is 460 g/mol. The van der Waals surface area contributed by atoms with Gasteiger partial charge in [0, 0.05) is 49.0 Å². The van der Waals surface area contributed by atoms with E-state index in [1.165, 1.54) is 5.56 Å². The molecule has 0 aliphatic carbocycles. The van der Waals surface area contributed by atoms with Crippen LogP contribution in [-0.2, 0) is 24.1 Å². The zero-order valence-electron chi connectivity index (χ0n) is 20.2. The molecule has 0 bridgehead atoms. The largest absolute Gasteiger partial charge is 0.375 e. The van der Waals surface area contributed by atoms with Crippen LogP contribution in [0.2, 0.25) is 0 Å². The number of nitrogens with one attached hydrogen (secondary N) is 1. The van der Waals surface area contributed by atoms with Crippen LogP contribution in [0.15, 0.2) is 65.7 Å². The van der Waals surface area contributed by atoms with Crippen molar-refractivity contribution in [1.29, 1.82) is 0 Å². The Labute approximate surface area is 201 Å². The van der Waals surface area contributed by atoms with Crippen LogP contribution in [0.25, 0.3) is 0 Å². The van der Waals surface area contributed by atoms with Gasteiger partial charge >= 0.3 is 0 Å². The molecule has 1 aromatic carbocycles. The van der Waals surface area contributed by atoms with Crippen molar-refractivity contribution in [2.24, 2.45) is 0 Å². The quantitative estimate of drug-likeness (QED) is 0.578. The summed E-state index contributed by atoms with van der Waals surface area (Å²) in [5.41, 5.74) is 3.59. The SMILES string of the molecule is Cc1cc(=O)c(C(=O)N[C@@H]2CCOC(C)(C)C2)c(CCc2ccccc2)n1Cc1ccncc1. The Morgan fingerprint density at radius 3 is 2.56 bits per heavy atom. The van der Waals surface area contributed by atoms with Crippen molar-refractivity contribution in [2.75, 3.05) is 6.61 Å². The molecule has 6 nitrogen and oxygen atoms in total. The second kappa shape index (κ2) is 10.3. The van der Waals surface area contributed by atoms with Gasteiger partial charge in [-0.3, -0.25) is 14.6 Å². The van der Waals surface area contributed by atoms with Crippen molar-refractivity contribution < 1.29 is 9.53 Å². The molecule has 178 valence electrons. The third-order valence-electron chi connectivity index (χ3n) is 6.47. The van der Waals surface area contributed by atoms with Crippen LogP contribution < -0.4 is 10.7 Å². The second-order valence-corrected chi connectivity index (χ2v) is 9.67. The van der Waals surface area contributed by atoms with Gasteiger partial charge in [0.2, 0.25) is 0 Å². The molecule has 3 aromatic rings. The van der Waals surface area contributed by atoms with E-state index in [9.17, 15) is 9.59 Å². The zero-order valence-corrected chi connectivity index (χ0v) is 20.2. The molecule has 4 rings (SSSR count). The molecule has 1 saturated heterocycles. The first kappa shape index (κ1) is 23.9. The first-order chi connectivity index (χ1) is 16.3. The molecule has 1 N–H and O–H groups in total. The molecular formula is C28H33N3O3. The van der Waals surface area contributed by atoms with Crippen molar-refractivity contribution in [1.82, 2.24) is 14.9 Å². The Balaban J connectivity index is 1.70. The van der Waals surface area contributed by atoms with Crippen LogP contribution in [0.1, 0.15) is 59.6 Å². The summed E-state index contributed by atoms with van der Waals surface area (Å²) < 4.78 is 7.90. The van der Waals surface area contributed by atoms with Gasteiger partial charge in [0.05, 0.1) is 5.60 Å². The molecular weight excluding hydrogens is 426 g/mol. The summed E-state index contributed by atoms with van der Waals surface area (Å²) in [6, 6.07) is 15.6. The van der Waals surface area contributed by atoms with Gasteiger partial charge in [-0.2, -0.15) is 0 Å². The van der Waals surface area contributed by atoms with Crippen LogP contribution in [0.3, 0.4) is 0 Å². The Hall–Kier alpha value is -3.25. The molecule has 3 heterocycles. The predicted octanol–water partition coefficient (Wildman–Crippen LogP) is 4.07. The standard InChI is InChI=1S/C28H33N3O3/c1-20-17-25(32)26(27(33)30-23-13-16-34-28(2,3)18-23)24(10-9-21-7-5-4-6-8-21)31(20)19-22-11-14-29-15-12-22/h4-8,11-12,14-15,17,23H,9-10,13,16,18-19H2,1-3H3,(H,30,33)/t23-/m1/s1. The summed E-state index contributed by atoms with van der Waals surface area (Å²) in [4.78, 5) is 30.8. The fraction of sp³-hybridized carbons (Fsp3) is 0.393. The number of ether oxygens (including phenoxy) is 1. The van der Waals surface area contributed by atoms with Crippen LogP contribution in [0.5, 0.6) is 0 Å². The molecule has 34 heavy (non-hydrogen) atoms. The number of carbonyl (C=O) groups is 1. The fourth-order valence-corrected chi connectivity index (χ4v) is 4.74. The minimum absolute atomic E-state index is 0.0208. The van der Waals surface area contributed by atoms with Gasteiger partial charge in [0.1, 0.15) is 5.56 Å². The van der Waals surface area contributed by atoms with Gasteiger partial charge in [-0.05, 0) is 69.7 Å². The van der Waals surface area contributed by atoms with E-state index in [1.807, 2.05) is 51.1 Å². The lowest BCUT2D eigenvalue weighted by atomic mass is 9.93. The summed E-state index contributed by atoms with van der Waals surface area (Å²) in [5, 5.41) is 3.14. The van der Waals surface area contributed by atoms with Gasteiger partial charge < -0.3 is 14.6 Å². The Morgan fingerprint density at radius 2 is 1.85 bits per heavy atom. The van der Waals surface area contributed by atoms with E-state index >= 15 is 0 Å². The lowest BCUT2D eigenvalue weighted by molar-refractivity contribution is -0.0615. The summed E-state index contributed by atoms with van der Waals surface area (Å²) >= 11 is 0.